The van der Waals surface area contributed by atoms with Gasteiger partial charge in [-0.25, -0.2) is 0 Å². The third kappa shape index (κ3) is 6.68. The topological polar surface area (TPSA) is 49.8 Å². The van der Waals surface area contributed by atoms with Gasteiger partial charge in [0, 0.05) is 30.1 Å². The van der Waals surface area contributed by atoms with Crippen LogP contribution in [-0.2, 0) is 4.74 Å². The van der Waals surface area contributed by atoms with Gasteiger partial charge in [0.25, 0.3) is 0 Å². The monoisotopic (exact) mass is 285 g/mol. The smallest absolute Gasteiger partial charge is 0.164 e. The standard InChI is InChI=1S/C14H20ClNO3/c1-16(8-10-19-11-9-17)7-6-14(18)12-2-4-13(15)5-3-12/h2-5,17H,6-11H2,1H3. The van der Waals surface area contributed by atoms with Crippen molar-refractivity contribution in [3.8, 4) is 0 Å². The van der Waals surface area contributed by atoms with Gasteiger partial charge < -0.3 is 14.7 Å². The van der Waals surface area contributed by atoms with Gasteiger partial charge in [-0.15, -0.1) is 0 Å². The molecule has 19 heavy (non-hydrogen) atoms. The van der Waals surface area contributed by atoms with Crippen LogP contribution in [0.15, 0.2) is 24.3 Å². The van der Waals surface area contributed by atoms with Crippen LogP contribution < -0.4 is 0 Å². The fourth-order valence-corrected chi connectivity index (χ4v) is 1.70. The first-order chi connectivity index (χ1) is 9.13. The fourth-order valence-electron chi connectivity index (χ4n) is 1.57. The highest BCUT2D eigenvalue weighted by molar-refractivity contribution is 6.30. The van der Waals surface area contributed by atoms with Crippen LogP contribution in [0.4, 0.5) is 0 Å². The van der Waals surface area contributed by atoms with Crippen molar-refractivity contribution in [2.75, 3.05) is 40.0 Å². The molecule has 0 saturated carbocycles. The van der Waals surface area contributed by atoms with E-state index in [0.29, 0.717) is 36.8 Å². The number of benzene rings is 1. The lowest BCUT2D eigenvalue weighted by Crippen LogP contribution is -2.26. The zero-order valence-electron chi connectivity index (χ0n) is 11.1. The number of carbonyl (C=O) groups excluding carboxylic acids is 1. The lowest BCUT2D eigenvalue weighted by Gasteiger charge is -2.15. The maximum Gasteiger partial charge on any atom is 0.164 e. The zero-order valence-corrected chi connectivity index (χ0v) is 11.9. The number of aliphatic hydroxyl groups excluding tert-OH is 1. The molecule has 0 atom stereocenters. The molecule has 5 heteroatoms. The Morgan fingerprint density at radius 2 is 1.95 bits per heavy atom. The molecule has 0 aliphatic heterocycles. The molecule has 1 N–H and O–H groups in total. The minimum atomic E-state index is 0.0404. The van der Waals surface area contributed by atoms with Gasteiger partial charge in [0.05, 0.1) is 19.8 Å². The molecule has 0 aliphatic rings. The van der Waals surface area contributed by atoms with Crippen molar-refractivity contribution < 1.29 is 14.6 Å². The number of likely N-dealkylation sites (N-methyl/N-ethyl adjacent to an activating group) is 1. The Labute approximate surface area is 118 Å². The van der Waals surface area contributed by atoms with Crippen molar-refractivity contribution in [2.24, 2.45) is 0 Å². The van der Waals surface area contributed by atoms with E-state index >= 15 is 0 Å². The maximum atomic E-state index is 11.9. The Balaban J connectivity index is 2.24. The first-order valence-corrected chi connectivity index (χ1v) is 6.67. The van der Waals surface area contributed by atoms with Gasteiger partial charge in [0.2, 0.25) is 0 Å². The summed E-state index contributed by atoms with van der Waals surface area (Å²) in [5, 5.41) is 9.19. The molecule has 0 bridgehead atoms. The molecular formula is C14H20ClNO3. The van der Waals surface area contributed by atoms with Gasteiger partial charge in [-0.3, -0.25) is 4.79 Å². The Hall–Kier alpha value is -0.940. The van der Waals surface area contributed by atoms with Crippen molar-refractivity contribution >= 4 is 17.4 Å². The first-order valence-electron chi connectivity index (χ1n) is 6.29. The van der Waals surface area contributed by atoms with Crippen LogP contribution >= 0.6 is 11.6 Å². The molecular weight excluding hydrogens is 266 g/mol. The Morgan fingerprint density at radius 1 is 1.26 bits per heavy atom. The van der Waals surface area contributed by atoms with Crippen molar-refractivity contribution in [1.82, 2.24) is 4.90 Å². The summed E-state index contributed by atoms with van der Waals surface area (Å²) in [6.45, 7) is 2.39. The number of ether oxygens (including phenoxy) is 1. The summed E-state index contributed by atoms with van der Waals surface area (Å²) in [5.41, 5.74) is 0.689. The minimum Gasteiger partial charge on any atom is -0.394 e. The number of aliphatic hydroxyl groups is 1. The number of Topliss-reactive ketones (excluding diaryl/α,β-unsaturated/α-hetero) is 1. The molecule has 0 amide bonds. The van der Waals surface area contributed by atoms with E-state index < -0.39 is 0 Å². The van der Waals surface area contributed by atoms with Gasteiger partial charge in [0.1, 0.15) is 0 Å². The lowest BCUT2D eigenvalue weighted by atomic mass is 10.1. The second-order valence-corrected chi connectivity index (χ2v) is 4.76. The molecule has 4 nitrogen and oxygen atoms in total. The quantitative estimate of drug-likeness (QED) is 0.556. The summed E-state index contributed by atoms with van der Waals surface area (Å²) in [5.74, 6) is 0.111. The van der Waals surface area contributed by atoms with Crippen molar-refractivity contribution in [3.63, 3.8) is 0 Å². The van der Waals surface area contributed by atoms with Crippen LogP contribution in [-0.4, -0.2) is 55.7 Å². The SMILES string of the molecule is CN(CCOCCO)CCC(=O)c1ccc(Cl)cc1. The number of halogens is 1. The molecule has 106 valence electrons. The number of hydrogen-bond acceptors (Lipinski definition) is 4. The molecule has 0 radical (unpaired) electrons. The summed E-state index contributed by atoms with van der Waals surface area (Å²) in [6.07, 6.45) is 0.470. The van der Waals surface area contributed by atoms with E-state index in [1.165, 1.54) is 0 Å². The number of ketones is 1. The van der Waals surface area contributed by atoms with Crippen molar-refractivity contribution in [3.05, 3.63) is 34.9 Å². The van der Waals surface area contributed by atoms with Crippen LogP contribution in [0.2, 0.25) is 5.02 Å². The van der Waals surface area contributed by atoms with Crippen LogP contribution in [0.3, 0.4) is 0 Å². The highest BCUT2D eigenvalue weighted by Crippen LogP contribution is 2.11. The summed E-state index contributed by atoms with van der Waals surface area (Å²) >= 11 is 5.78. The van der Waals surface area contributed by atoms with E-state index in [4.69, 9.17) is 21.4 Å². The predicted octanol–water partition coefficient (Wildman–Crippen LogP) is 1.85. The van der Waals surface area contributed by atoms with E-state index in [9.17, 15) is 4.79 Å². The normalized spacial score (nSPS) is 10.9. The molecule has 0 fully saturated rings. The molecule has 0 saturated heterocycles. The second-order valence-electron chi connectivity index (χ2n) is 4.32. The molecule has 1 aromatic carbocycles. The van der Waals surface area contributed by atoms with Gasteiger partial charge in [-0.2, -0.15) is 0 Å². The lowest BCUT2D eigenvalue weighted by molar-refractivity contribution is 0.0767. The molecule has 0 aromatic heterocycles. The number of carbonyl (C=O) groups is 1. The zero-order chi connectivity index (χ0) is 14.1. The second kappa shape index (κ2) is 9.04. The fraction of sp³-hybridized carbons (Fsp3) is 0.500. The van der Waals surface area contributed by atoms with Crippen molar-refractivity contribution in [1.29, 1.82) is 0 Å². The summed E-state index contributed by atoms with van der Waals surface area (Å²) in [7, 11) is 1.94. The van der Waals surface area contributed by atoms with Crippen LogP contribution in [0.1, 0.15) is 16.8 Å². The van der Waals surface area contributed by atoms with Gasteiger partial charge in [-0.1, -0.05) is 11.6 Å². The summed E-state index contributed by atoms with van der Waals surface area (Å²) < 4.78 is 5.17. The average molecular weight is 286 g/mol. The third-order valence-electron chi connectivity index (χ3n) is 2.74. The maximum absolute atomic E-state index is 11.9. The molecule has 0 spiro atoms. The molecule has 1 aromatic rings. The van der Waals surface area contributed by atoms with Gasteiger partial charge in [0.15, 0.2) is 5.78 Å². The highest BCUT2D eigenvalue weighted by Gasteiger charge is 2.07. The minimum absolute atomic E-state index is 0.0404. The largest absolute Gasteiger partial charge is 0.394 e. The van der Waals surface area contributed by atoms with E-state index in [1.54, 1.807) is 24.3 Å². The van der Waals surface area contributed by atoms with Crippen LogP contribution in [0.25, 0.3) is 0 Å². The Bertz CT molecular complexity index is 381. The summed E-state index contributed by atoms with van der Waals surface area (Å²) in [4.78, 5) is 13.9. The first kappa shape index (κ1) is 16.1. The Kier molecular flexibility index (Phi) is 7.67. The Morgan fingerprint density at radius 3 is 2.58 bits per heavy atom. The van der Waals surface area contributed by atoms with E-state index in [0.717, 1.165) is 6.54 Å². The number of hydrogen-bond donors (Lipinski definition) is 1. The number of nitrogens with zero attached hydrogens (tertiary/aromatic N) is 1. The van der Waals surface area contributed by atoms with Crippen LogP contribution in [0.5, 0.6) is 0 Å². The molecule has 0 aliphatic carbocycles. The van der Waals surface area contributed by atoms with E-state index in [-0.39, 0.29) is 12.4 Å². The number of rotatable bonds is 9. The van der Waals surface area contributed by atoms with E-state index in [1.807, 2.05) is 11.9 Å². The van der Waals surface area contributed by atoms with Crippen molar-refractivity contribution in [2.45, 2.75) is 6.42 Å². The van der Waals surface area contributed by atoms with Gasteiger partial charge >= 0.3 is 0 Å². The van der Waals surface area contributed by atoms with E-state index in [2.05, 4.69) is 0 Å². The van der Waals surface area contributed by atoms with Crippen LogP contribution in [0, 0.1) is 0 Å². The third-order valence-corrected chi connectivity index (χ3v) is 2.99. The predicted molar refractivity (Wildman–Crippen MR) is 75.8 cm³/mol. The summed E-state index contributed by atoms with van der Waals surface area (Å²) in [6, 6.07) is 6.94. The molecule has 0 unspecified atom stereocenters. The average Bonchev–Trinajstić information content (AvgIpc) is 2.42. The highest BCUT2D eigenvalue weighted by atomic mass is 35.5. The van der Waals surface area contributed by atoms with Gasteiger partial charge in [-0.05, 0) is 31.3 Å². The molecule has 0 heterocycles. The molecule has 1 rings (SSSR count).